The van der Waals surface area contributed by atoms with Crippen molar-refractivity contribution in [2.45, 2.75) is 129 Å². The molecule has 4 unspecified atom stereocenters. The van der Waals surface area contributed by atoms with E-state index in [1.54, 1.807) is 13.8 Å². The molecule has 0 aromatic rings. The molecule has 4 rings (SSSR count). The minimum Gasteiger partial charge on any atom is -0.481 e. The van der Waals surface area contributed by atoms with E-state index in [-0.39, 0.29) is 46.3 Å². The highest BCUT2D eigenvalue weighted by Crippen LogP contribution is 2.74. The molecule has 36 heavy (non-hydrogen) atoms. The van der Waals surface area contributed by atoms with Crippen LogP contribution in [0.5, 0.6) is 0 Å². The van der Waals surface area contributed by atoms with Crippen molar-refractivity contribution in [3.63, 3.8) is 0 Å². The molecule has 1 aliphatic heterocycles. The minimum absolute atomic E-state index is 0.0901. The van der Waals surface area contributed by atoms with Gasteiger partial charge in [0.15, 0.2) is 0 Å². The average molecular weight is 507 g/mol. The van der Waals surface area contributed by atoms with E-state index in [1.165, 1.54) is 0 Å². The van der Waals surface area contributed by atoms with Gasteiger partial charge < -0.3 is 25.2 Å². The van der Waals surface area contributed by atoms with Crippen LogP contribution in [0.4, 0.5) is 0 Å². The van der Waals surface area contributed by atoms with Gasteiger partial charge in [-0.15, -0.1) is 0 Å². The van der Waals surface area contributed by atoms with Crippen LogP contribution >= 0.6 is 0 Å². The summed E-state index contributed by atoms with van der Waals surface area (Å²) in [5, 5.41) is 43.2. The smallest absolute Gasteiger partial charge is 0.303 e. The van der Waals surface area contributed by atoms with Crippen molar-refractivity contribution < 1.29 is 30.0 Å². The molecule has 6 heteroatoms. The normalized spacial score (nSPS) is 51.0. The van der Waals surface area contributed by atoms with Crippen molar-refractivity contribution in [1.82, 2.24) is 0 Å². The van der Waals surface area contributed by atoms with Gasteiger partial charge in [-0.1, -0.05) is 32.9 Å². The first-order valence-corrected chi connectivity index (χ1v) is 14.1. The predicted molar refractivity (Wildman–Crippen MR) is 139 cm³/mol. The molecule has 0 amide bonds. The first-order chi connectivity index (χ1) is 16.4. The van der Waals surface area contributed by atoms with Crippen LogP contribution in [0.3, 0.4) is 0 Å². The Morgan fingerprint density at radius 1 is 1.03 bits per heavy atom. The van der Waals surface area contributed by atoms with Crippen LogP contribution in [0.2, 0.25) is 0 Å². The Labute approximate surface area is 217 Å². The lowest BCUT2D eigenvalue weighted by atomic mass is 9.37. The summed E-state index contributed by atoms with van der Waals surface area (Å²) < 4.78 is 6.51. The van der Waals surface area contributed by atoms with E-state index in [0.717, 1.165) is 31.3 Å². The van der Waals surface area contributed by atoms with Gasteiger partial charge in [0.1, 0.15) is 0 Å². The van der Waals surface area contributed by atoms with E-state index < -0.39 is 35.5 Å². The number of aliphatic carboxylic acids is 1. The van der Waals surface area contributed by atoms with Crippen LogP contribution in [0.15, 0.2) is 12.2 Å². The number of ether oxygens (including phenoxy) is 1. The molecule has 11 atom stereocenters. The maximum Gasteiger partial charge on any atom is 0.303 e. The molecule has 0 bridgehead atoms. The second-order valence-corrected chi connectivity index (χ2v) is 14.3. The molecule has 0 spiro atoms. The largest absolute Gasteiger partial charge is 0.481 e. The number of allylic oxidation sites excluding steroid dienone is 1. The van der Waals surface area contributed by atoms with Gasteiger partial charge in [-0.2, -0.15) is 0 Å². The van der Waals surface area contributed by atoms with Gasteiger partial charge in [0.25, 0.3) is 0 Å². The monoisotopic (exact) mass is 506 g/mol. The van der Waals surface area contributed by atoms with Crippen LogP contribution in [-0.4, -0.2) is 55.9 Å². The molecule has 0 radical (unpaired) electrons. The summed E-state index contributed by atoms with van der Waals surface area (Å²) in [4.78, 5) is 11.6. The molecule has 3 aliphatic carbocycles. The molecule has 1 saturated heterocycles. The Morgan fingerprint density at radius 2 is 1.67 bits per heavy atom. The number of rotatable bonds is 6. The Morgan fingerprint density at radius 3 is 2.19 bits per heavy atom. The lowest BCUT2D eigenvalue weighted by molar-refractivity contribution is -0.233. The first-order valence-electron chi connectivity index (χ1n) is 14.1. The summed E-state index contributed by atoms with van der Waals surface area (Å²) in [6, 6.07) is 0. The van der Waals surface area contributed by atoms with E-state index in [4.69, 9.17) is 4.74 Å². The zero-order valence-electron chi connectivity index (χ0n) is 23.5. The highest BCUT2D eigenvalue weighted by molar-refractivity contribution is 5.66. The maximum atomic E-state index is 11.9. The molecule has 4 N–H and O–H groups in total. The second kappa shape index (κ2) is 8.79. The van der Waals surface area contributed by atoms with E-state index in [0.29, 0.717) is 19.3 Å². The van der Waals surface area contributed by atoms with Crippen LogP contribution in [-0.2, 0) is 9.53 Å². The molecular weight excluding hydrogens is 456 g/mol. The van der Waals surface area contributed by atoms with Gasteiger partial charge in [0.05, 0.1) is 29.5 Å². The van der Waals surface area contributed by atoms with Gasteiger partial charge in [-0.25, -0.2) is 0 Å². The molecule has 1 heterocycles. The molecule has 4 aliphatic rings. The molecule has 0 aromatic heterocycles. The van der Waals surface area contributed by atoms with Crippen molar-refractivity contribution in [3.8, 4) is 0 Å². The topological polar surface area (TPSA) is 107 Å². The van der Waals surface area contributed by atoms with Gasteiger partial charge in [0, 0.05) is 18.3 Å². The number of carboxylic acid groups (broad SMARTS) is 1. The summed E-state index contributed by atoms with van der Waals surface area (Å²) in [6.07, 6.45) is 3.95. The molecule has 3 saturated carbocycles. The van der Waals surface area contributed by atoms with Crippen LogP contribution in [0.1, 0.15) is 99.8 Å². The number of carbonyl (C=O) groups is 1. The summed E-state index contributed by atoms with van der Waals surface area (Å²) >= 11 is 0. The van der Waals surface area contributed by atoms with E-state index >= 15 is 0 Å². The Bertz CT molecular complexity index is 894. The maximum absolute atomic E-state index is 11.9. The summed E-state index contributed by atoms with van der Waals surface area (Å²) in [6.45, 7) is 18.7. The number of aliphatic hydroxyl groups excluding tert-OH is 2. The molecule has 206 valence electrons. The third-order valence-corrected chi connectivity index (χ3v) is 12.2. The number of aliphatic hydroxyl groups is 3. The number of carboxylic acids is 1. The lowest BCUT2D eigenvalue weighted by Crippen LogP contribution is -2.65. The third kappa shape index (κ3) is 3.84. The van der Waals surface area contributed by atoms with E-state index in [1.807, 2.05) is 13.8 Å². The first kappa shape index (κ1) is 28.1. The summed E-state index contributed by atoms with van der Waals surface area (Å²) in [5.74, 6) is -0.0851. The van der Waals surface area contributed by atoms with Crippen molar-refractivity contribution in [3.05, 3.63) is 12.2 Å². The average Bonchev–Trinajstić information content (AvgIpc) is 3.28. The van der Waals surface area contributed by atoms with E-state index in [9.17, 15) is 25.2 Å². The third-order valence-electron chi connectivity index (χ3n) is 12.2. The van der Waals surface area contributed by atoms with Gasteiger partial charge in [0.2, 0.25) is 0 Å². The van der Waals surface area contributed by atoms with Crippen LogP contribution in [0, 0.1) is 39.9 Å². The standard InChI is InChI=1S/C30H50O6/c1-17(2)20-15-22(31)29(7)21(27(20,5)13-12-25(33)34)10-9-18-19(11-14-28(18,29)6)30(8)23(32)16-24(36-30)26(3,4)35/h18-24,31-32,35H,1,9-16H2,2-8H3,(H,33,34)/t18?,19-,20?,21?,22-,23?,24+,27-,28+,29-,30+/m0/s1. The zero-order valence-corrected chi connectivity index (χ0v) is 23.5. The van der Waals surface area contributed by atoms with Crippen LogP contribution < -0.4 is 0 Å². The highest BCUT2D eigenvalue weighted by atomic mass is 16.5. The summed E-state index contributed by atoms with van der Waals surface area (Å²) in [7, 11) is 0. The van der Waals surface area contributed by atoms with Crippen molar-refractivity contribution in [2.75, 3.05) is 0 Å². The number of hydrogen-bond acceptors (Lipinski definition) is 5. The summed E-state index contributed by atoms with van der Waals surface area (Å²) in [5.41, 5.74) is -1.50. The van der Waals surface area contributed by atoms with E-state index in [2.05, 4.69) is 27.4 Å². The predicted octanol–water partition coefficient (Wildman–Crippen LogP) is 4.94. The second-order valence-electron chi connectivity index (χ2n) is 14.3. The van der Waals surface area contributed by atoms with Crippen molar-refractivity contribution in [1.29, 1.82) is 0 Å². The lowest BCUT2D eigenvalue weighted by Gasteiger charge is -2.68. The van der Waals surface area contributed by atoms with Gasteiger partial charge in [-0.05, 0) is 101 Å². The number of hydrogen-bond donors (Lipinski definition) is 4. The van der Waals surface area contributed by atoms with Gasteiger partial charge >= 0.3 is 5.97 Å². The minimum atomic E-state index is -1.02. The molecule has 6 nitrogen and oxygen atoms in total. The Kier molecular flexibility index (Phi) is 6.85. The SMILES string of the molecule is C=C(C)C1C[C@H](O)[C@]2(C)C(CCC3[C@@H]([C@@]4(C)O[C@@H](C(C)(C)O)CC4O)CC[C@]32C)[C@@]1(C)CCC(=O)O. The molecule has 4 fully saturated rings. The molecular formula is C30H50O6. The van der Waals surface area contributed by atoms with Gasteiger partial charge in [-0.3, -0.25) is 4.79 Å². The Hall–Kier alpha value is -0.950. The van der Waals surface area contributed by atoms with Crippen LogP contribution in [0.25, 0.3) is 0 Å². The fourth-order valence-corrected chi connectivity index (χ4v) is 9.94. The van der Waals surface area contributed by atoms with Crippen molar-refractivity contribution in [2.24, 2.45) is 39.9 Å². The Balaban J connectivity index is 1.71. The molecule has 0 aromatic carbocycles. The zero-order chi connectivity index (χ0) is 27.1. The fourth-order valence-electron chi connectivity index (χ4n) is 9.94. The fraction of sp³-hybridized carbons (Fsp3) is 0.900. The highest BCUT2D eigenvalue weighted by Gasteiger charge is 2.71. The van der Waals surface area contributed by atoms with Crippen molar-refractivity contribution >= 4 is 5.97 Å². The number of fused-ring (bicyclic) bond motifs is 3. The quantitative estimate of drug-likeness (QED) is 0.380.